The van der Waals surface area contributed by atoms with Crippen LogP contribution in [-0.4, -0.2) is 68.5 Å². The number of hydrogen-bond donors (Lipinski definition) is 3. The van der Waals surface area contributed by atoms with E-state index in [2.05, 4.69) is 16.0 Å². The molecule has 0 aromatic heterocycles. The summed E-state index contributed by atoms with van der Waals surface area (Å²) in [5.74, 6) is -1.94. The number of para-hydroxylation sites is 1. The lowest BCUT2D eigenvalue weighted by atomic mass is 9.89. The number of nitrogens with one attached hydrogen (secondary N) is 3. The molecule has 0 aliphatic carbocycles. The lowest BCUT2D eigenvalue weighted by Gasteiger charge is -2.44. The largest absolute Gasteiger partial charge is 0.345 e. The second kappa shape index (κ2) is 12.8. The number of rotatable bonds is 8. The fourth-order valence-corrected chi connectivity index (χ4v) is 5.32. The maximum absolute atomic E-state index is 15.6. The Hall–Kier alpha value is -4.84. The quantitative estimate of drug-likeness (QED) is 0.337. The van der Waals surface area contributed by atoms with E-state index >= 15 is 8.78 Å². The first-order valence-corrected chi connectivity index (χ1v) is 14.2. The summed E-state index contributed by atoms with van der Waals surface area (Å²) in [5.41, 5.74) is 2.28. The van der Waals surface area contributed by atoms with Crippen molar-refractivity contribution >= 4 is 29.3 Å². The number of carbonyl (C=O) groups excluding carboxylic acids is 2. The number of urea groups is 1. The van der Waals surface area contributed by atoms with Crippen molar-refractivity contribution < 1.29 is 22.8 Å². The van der Waals surface area contributed by atoms with E-state index < -0.39 is 35.4 Å². The van der Waals surface area contributed by atoms with Crippen molar-refractivity contribution in [2.45, 2.75) is 19.4 Å². The van der Waals surface area contributed by atoms with E-state index in [4.69, 9.17) is 4.99 Å². The van der Waals surface area contributed by atoms with Crippen molar-refractivity contribution in [1.82, 2.24) is 20.4 Å². The molecule has 1 atom stereocenters. The Morgan fingerprint density at radius 1 is 1.02 bits per heavy atom. The maximum atomic E-state index is 15.6. The van der Waals surface area contributed by atoms with E-state index in [0.29, 0.717) is 23.4 Å². The lowest BCUT2D eigenvalue weighted by Crippen LogP contribution is -2.53. The van der Waals surface area contributed by atoms with Gasteiger partial charge in [0, 0.05) is 37.0 Å². The van der Waals surface area contributed by atoms with Gasteiger partial charge in [-0.15, -0.1) is 0 Å². The monoisotopic (exact) mass is 605 g/mol. The molecular weight excluding hydrogens is 571 g/mol. The molecule has 44 heavy (non-hydrogen) atoms. The van der Waals surface area contributed by atoms with Crippen LogP contribution in [0.15, 0.2) is 77.1 Å². The van der Waals surface area contributed by atoms with Crippen LogP contribution in [0.4, 0.5) is 29.3 Å². The number of nitrogens with zero attached hydrogens (tertiary/aromatic N) is 4. The first-order chi connectivity index (χ1) is 21.0. The summed E-state index contributed by atoms with van der Waals surface area (Å²) in [6.07, 6.45) is 0.735. The van der Waals surface area contributed by atoms with Gasteiger partial charge in [-0.2, -0.15) is 4.99 Å². The molecular formula is C32H34F3N7O2. The summed E-state index contributed by atoms with van der Waals surface area (Å²) in [4.78, 5) is 35.8. The molecule has 9 nitrogen and oxygen atoms in total. The zero-order valence-corrected chi connectivity index (χ0v) is 24.9. The third kappa shape index (κ3) is 6.40. The lowest BCUT2D eigenvalue weighted by molar-refractivity contribution is 0.102. The van der Waals surface area contributed by atoms with Gasteiger partial charge in [0.05, 0.1) is 6.04 Å². The average molecular weight is 606 g/mol. The van der Waals surface area contributed by atoms with Crippen LogP contribution >= 0.6 is 0 Å². The normalized spacial score (nSPS) is 16.3. The second-order valence-corrected chi connectivity index (χ2v) is 11.0. The van der Waals surface area contributed by atoms with Gasteiger partial charge in [0.2, 0.25) is 5.96 Å². The SMILES string of the molecule is Cc1ccc(C(=O)Nc2ccc(F)cc2)cc1C1C2=C(N=C(N(C)CCCN(C)C)N1c1c(F)cccc1F)NC(=O)NC2. The summed E-state index contributed by atoms with van der Waals surface area (Å²) in [6.45, 7) is 3.18. The zero-order chi connectivity index (χ0) is 31.5. The molecule has 2 aliphatic rings. The Kier molecular flexibility index (Phi) is 8.91. The smallest absolute Gasteiger partial charge is 0.320 e. The van der Waals surface area contributed by atoms with E-state index in [1.807, 2.05) is 25.9 Å². The topological polar surface area (TPSA) is 92.3 Å². The number of guanidine groups is 1. The van der Waals surface area contributed by atoms with E-state index in [9.17, 15) is 14.0 Å². The van der Waals surface area contributed by atoms with Gasteiger partial charge in [0.1, 0.15) is 29.0 Å². The Morgan fingerprint density at radius 3 is 2.41 bits per heavy atom. The van der Waals surface area contributed by atoms with Crippen molar-refractivity contribution in [3.8, 4) is 0 Å². The van der Waals surface area contributed by atoms with Crippen LogP contribution in [0.5, 0.6) is 0 Å². The highest BCUT2D eigenvalue weighted by Gasteiger charge is 2.41. The van der Waals surface area contributed by atoms with Gasteiger partial charge in [0.25, 0.3) is 5.91 Å². The molecule has 0 spiro atoms. The summed E-state index contributed by atoms with van der Waals surface area (Å²) in [5, 5.41) is 8.26. The van der Waals surface area contributed by atoms with Crippen LogP contribution in [0.25, 0.3) is 0 Å². The highest BCUT2D eigenvalue weighted by Crippen LogP contribution is 2.42. The minimum Gasteiger partial charge on any atom is -0.345 e. The van der Waals surface area contributed by atoms with Crippen molar-refractivity contribution in [1.29, 1.82) is 0 Å². The number of aryl methyl sites for hydroxylation is 1. The third-order valence-corrected chi connectivity index (χ3v) is 7.55. The molecule has 3 aromatic rings. The number of carbonyl (C=O) groups is 2. The number of benzene rings is 3. The highest BCUT2D eigenvalue weighted by molar-refractivity contribution is 6.05. The van der Waals surface area contributed by atoms with Crippen molar-refractivity contribution in [2.75, 3.05) is 51.0 Å². The van der Waals surface area contributed by atoms with E-state index in [-0.39, 0.29) is 29.6 Å². The Bertz CT molecular complexity index is 1620. The highest BCUT2D eigenvalue weighted by atomic mass is 19.1. The molecule has 0 fully saturated rings. The predicted octanol–water partition coefficient (Wildman–Crippen LogP) is 4.99. The molecule has 0 bridgehead atoms. The average Bonchev–Trinajstić information content (AvgIpc) is 2.98. The zero-order valence-electron chi connectivity index (χ0n) is 24.9. The predicted molar refractivity (Wildman–Crippen MR) is 164 cm³/mol. The maximum Gasteiger partial charge on any atom is 0.320 e. The van der Waals surface area contributed by atoms with Gasteiger partial charge in [0.15, 0.2) is 0 Å². The van der Waals surface area contributed by atoms with Gasteiger partial charge >= 0.3 is 6.03 Å². The second-order valence-electron chi connectivity index (χ2n) is 11.0. The minimum atomic E-state index is -0.855. The minimum absolute atomic E-state index is 0.0605. The summed E-state index contributed by atoms with van der Waals surface area (Å²) in [7, 11) is 5.70. The molecule has 3 N–H and O–H groups in total. The van der Waals surface area contributed by atoms with Crippen molar-refractivity contribution in [3.05, 3.63) is 106 Å². The van der Waals surface area contributed by atoms with Crippen molar-refractivity contribution in [2.24, 2.45) is 4.99 Å². The van der Waals surface area contributed by atoms with Gasteiger partial charge in [-0.25, -0.2) is 18.0 Å². The molecule has 1 unspecified atom stereocenters. The molecule has 12 heteroatoms. The fourth-order valence-electron chi connectivity index (χ4n) is 5.32. The third-order valence-electron chi connectivity index (χ3n) is 7.55. The van der Waals surface area contributed by atoms with Crippen LogP contribution in [0.1, 0.15) is 33.9 Å². The van der Waals surface area contributed by atoms with Gasteiger partial charge in [-0.1, -0.05) is 12.1 Å². The Labute approximate surface area is 254 Å². The van der Waals surface area contributed by atoms with Crippen LogP contribution in [0.2, 0.25) is 0 Å². The molecule has 5 rings (SSSR count). The van der Waals surface area contributed by atoms with Gasteiger partial charge in [-0.3, -0.25) is 15.0 Å². The van der Waals surface area contributed by atoms with Gasteiger partial charge in [-0.05, 0) is 93.6 Å². The number of anilines is 2. The molecule has 2 heterocycles. The molecule has 0 radical (unpaired) electrons. The summed E-state index contributed by atoms with van der Waals surface area (Å²) < 4.78 is 44.7. The first-order valence-electron chi connectivity index (χ1n) is 14.2. The Morgan fingerprint density at radius 2 is 1.73 bits per heavy atom. The van der Waals surface area contributed by atoms with Crippen LogP contribution in [0.3, 0.4) is 0 Å². The molecule has 0 saturated carbocycles. The fraction of sp³-hybridized carbons (Fsp3) is 0.281. The van der Waals surface area contributed by atoms with Crippen LogP contribution in [-0.2, 0) is 0 Å². The van der Waals surface area contributed by atoms with Crippen molar-refractivity contribution in [3.63, 3.8) is 0 Å². The number of halogens is 3. The molecule has 2 aliphatic heterocycles. The van der Waals surface area contributed by atoms with E-state index in [1.165, 1.54) is 47.4 Å². The molecule has 3 aromatic carbocycles. The molecule has 3 amide bonds. The molecule has 0 saturated heterocycles. The van der Waals surface area contributed by atoms with E-state index in [0.717, 1.165) is 18.5 Å². The van der Waals surface area contributed by atoms with Crippen LogP contribution in [0, 0.1) is 24.4 Å². The number of amides is 3. The molecule has 230 valence electrons. The Balaban J connectivity index is 1.65. The summed E-state index contributed by atoms with van der Waals surface area (Å²) in [6, 6.07) is 12.8. The van der Waals surface area contributed by atoms with E-state index in [1.54, 1.807) is 30.1 Å². The number of aliphatic imine (C=N–C) groups is 1. The summed E-state index contributed by atoms with van der Waals surface area (Å²) >= 11 is 0. The van der Waals surface area contributed by atoms with Gasteiger partial charge < -0.3 is 20.4 Å². The van der Waals surface area contributed by atoms with Crippen LogP contribution < -0.4 is 20.9 Å². The first kappa shape index (κ1) is 30.6. The number of hydrogen-bond acceptors (Lipinski definition) is 6. The standard InChI is InChI=1S/C32H34F3N7O2/c1-19-9-10-20(30(43)37-22-13-11-21(33)12-14-22)17-23(19)27-24-18-36-31(44)38-29(24)39-32(41(4)16-6-15-40(2)3)42(27)28-25(34)7-5-8-26(28)35/h5,7-14,17,27H,6,15-16,18H2,1-4H3,(H,37,43)(H2,36,38,44).